The summed E-state index contributed by atoms with van der Waals surface area (Å²) in [5, 5.41) is 3.60. The second kappa shape index (κ2) is 9.33. The SMILES string of the molecule is C=CCCCCCC(NCC)c1ccc(C)cc1Br. The van der Waals surface area contributed by atoms with Crippen LogP contribution in [-0.4, -0.2) is 6.54 Å². The molecule has 19 heavy (non-hydrogen) atoms. The summed E-state index contributed by atoms with van der Waals surface area (Å²) < 4.78 is 1.23. The van der Waals surface area contributed by atoms with Gasteiger partial charge in [0.15, 0.2) is 0 Å². The number of nitrogens with one attached hydrogen (secondary N) is 1. The maximum Gasteiger partial charge on any atom is 0.0331 e. The summed E-state index contributed by atoms with van der Waals surface area (Å²) in [5.41, 5.74) is 2.69. The molecule has 0 aliphatic rings. The number of benzene rings is 1. The third-order valence-corrected chi connectivity index (χ3v) is 4.07. The molecule has 1 N–H and O–H groups in total. The van der Waals surface area contributed by atoms with Crippen molar-refractivity contribution in [2.24, 2.45) is 0 Å². The van der Waals surface area contributed by atoms with Crippen LogP contribution in [0, 0.1) is 6.92 Å². The lowest BCUT2D eigenvalue weighted by atomic mass is 9.99. The Morgan fingerprint density at radius 3 is 2.74 bits per heavy atom. The maximum absolute atomic E-state index is 3.77. The molecule has 0 heterocycles. The van der Waals surface area contributed by atoms with Gasteiger partial charge in [-0.15, -0.1) is 6.58 Å². The molecule has 1 aromatic carbocycles. The largest absolute Gasteiger partial charge is 0.310 e. The Morgan fingerprint density at radius 2 is 2.11 bits per heavy atom. The van der Waals surface area contributed by atoms with Crippen LogP contribution in [0.2, 0.25) is 0 Å². The predicted octanol–water partition coefficient (Wildman–Crippen LogP) is 5.54. The van der Waals surface area contributed by atoms with E-state index in [1.54, 1.807) is 0 Å². The highest BCUT2D eigenvalue weighted by atomic mass is 79.9. The highest BCUT2D eigenvalue weighted by Gasteiger charge is 2.12. The molecule has 0 saturated carbocycles. The number of halogens is 1. The number of unbranched alkanes of at least 4 members (excludes halogenated alkanes) is 3. The molecule has 0 fully saturated rings. The van der Waals surface area contributed by atoms with Crippen molar-refractivity contribution >= 4 is 15.9 Å². The van der Waals surface area contributed by atoms with Gasteiger partial charge in [0.25, 0.3) is 0 Å². The number of hydrogen-bond acceptors (Lipinski definition) is 1. The predicted molar refractivity (Wildman–Crippen MR) is 88.6 cm³/mol. The van der Waals surface area contributed by atoms with Crippen molar-refractivity contribution < 1.29 is 0 Å². The van der Waals surface area contributed by atoms with Crippen LogP contribution in [-0.2, 0) is 0 Å². The molecule has 1 rings (SSSR count). The first kappa shape index (κ1) is 16.5. The zero-order valence-electron chi connectivity index (χ0n) is 12.2. The molecule has 0 amide bonds. The van der Waals surface area contributed by atoms with E-state index in [2.05, 4.69) is 59.9 Å². The summed E-state index contributed by atoms with van der Waals surface area (Å²) in [6.45, 7) is 9.09. The van der Waals surface area contributed by atoms with Crippen molar-refractivity contribution in [1.82, 2.24) is 5.32 Å². The normalized spacial score (nSPS) is 12.4. The van der Waals surface area contributed by atoms with E-state index in [4.69, 9.17) is 0 Å². The van der Waals surface area contributed by atoms with Gasteiger partial charge >= 0.3 is 0 Å². The summed E-state index contributed by atoms with van der Waals surface area (Å²) in [7, 11) is 0. The Morgan fingerprint density at radius 1 is 1.32 bits per heavy atom. The molecule has 1 aromatic rings. The van der Waals surface area contributed by atoms with E-state index in [1.807, 2.05) is 6.08 Å². The number of hydrogen-bond donors (Lipinski definition) is 1. The van der Waals surface area contributed by atoms with Crippen molar-refractivity contribution in [3.63, 3.8) is 0 Å². The quantitative estimate of drug-likeness (QED) is 0.464. The molecular weight excluding hydrogens is 298 g/mol. The fourth-order valence-electron chi connectivity index (χ4n) is 2.34. The first-order valence-electron chi connectivity index (χ1n) is 7.29. The molecule has 0 aliphatic heterocycles. The van der Waals surface area contributed by atoms with Crippen LogP contribution < -0.4 is 5.32 Å². The van der Waals surface area contributed by atoms with Gasteiger partial charge in [-0.1, -0.05) is 53.9 Å². The van der Waals surface area contributed by atoms with Crippen LogP contribution in [0.25, 0.3) is 0 Å². The minimum Gasteiger partial charge on any atom is -0.310 e. The van der Waals surface area contributed by atoms with E-state index in [0.717, 1.165) is 13.0 Å². The molecule has 1 nitrogen and oxygen atoms in total. The van der Waals surface area contributed by atoms with Gasteiger partial charge in [0, 0.05) is 10.5 Å². The number of aryl methyl sites for hydroxylation is 1. The van der Waals surface area contributed by atoms with Crippen molar-refractivity contribution in [2.75, 3.05) is 6.54 Å². The van der Waals surface area contributed by atoms with Crippen LogP contribution in [0.15, 0.2) is 35.3 Å². The topological polar surface area (TPSA) is 12.0 Å². The van der Waals surface area contributed by atoms with Crippen LogP contribution in [0.4, 0.5) is 0 Å². The highest BCUT2D eigenvalue weighted by molar-refractivity contribution is 9.10. The molecule has 106 valence electrons. The van der Waals surface area contributed by atoms with Crippen molar-refractivity contribution in [3.8, 4) is 0 Å². The fraction of sp³-hybridized carbons (Fsp3) is 0.529. The third-order valence-electron chi connectivity index (χ3n) is 3.38. The van der Waals surface area contributed by atoms with Gasteiger partial charge in [-0.05, 0) is 49.9 Å². The van der Waals surface area contributed by atoms with Crippen molar-refractivity contribution in [2.45, 2.75) is 52.0 Å². The van der Waals surface area contributed by atoms with Gasteiger partial charge in [-0.2, -0.15) is 0 Å². The zero-order valence-corrected chi connectivity index (χ0v) is 13.8. The van der Waals surface area contributed by atoms with Crippen LogP contribution >= 0.6 is 15.9 Å². The lowest BCUT2D eigenvalue weighted by molar-refractivity contribution is 0.482. The van der Waals surface area contributed by atoms with Crippen LogP contribution in [0.1, 0.15) is 56.2 Å². The first-order chi connectivity index (χ1) is 9.19. The third kappa shape index (κ3) is 5.92. The van der Waals surface area contributed by atoms with Crippen molar-refractivity contribution in [1.29, 1.82) is 0 Å². The number of rotatable bonds is 9. The van der Waals surface area contributed by atoms with Gasteiger partial charge in [0.2, 0.25) is 0 Å². The average molecular weight is 324 g/mol. The summed E-state index contributed by atoms with van der Waals surface area (Å²) in [4.78, 5) is 0. The smallest absolute Gasteiger partial charge is 0.0331 e. The molecule has 1 atom stereocenters. The van der Waals surface area contributed by atoms with Gasteiger partial charge in [0.1, 0.15) is 0 Å². The molecule has 0 spiro atoms. The molecule has 1 unspecified atom stereocenters. The van der Waals surface area contributed by atoms with E-state index in [1.165, 1.54) is 41.3 Å². The average Bonchev–Trinajstić information content (AvgIpc) is 2.38. The minimum atomic E-state index is 0.462. The van der Waals surface area contributed by atoms with E-state index >= 15 is 0 Å². The van der Waals surface area contributed by atoms with E-state index < -0.39 is 0 Å². The second-order valence-electron chi connectivity index (χ2n) is 5.06. The highest BCUT2D eigenvalue weighted by Crippen LogP contribution is 2.28. The summed E-state index contributed by atoms with van der Waals surface area (Å²) in [5.74, 6) is 0. The van der Waals surface area contributed by atoms with Gasteiger partial charge < -0.3 is 5.32 Å². The van der Waals surface area contributed by atoms with E-state index in [9.17, 15) is 0 Å². The summed E-state index contributed by atoms with van der Waals surface area (Å²) in [6, 6.07) is 7.11. The van der Waals surface area contributed by atoms with Gasteiger partial charge in [-0.3, -0.25) is 0 Å². The summed E-state index contributed by atoms with van der Waals surface area (Å²) in [6.07, 6.45) is 8.17. The molecule has 0 aromatic heterocycles. The lowest BCUT2D eigenvalue weighted by Crippen LogP contribution is -2.21. The first-order valence-corrected chi connectivity index (χ1v) is 8.08. The van der Waals surface area contributed by atoms with Crippen LogP contribution in [0.3, 0.4) is 0 Å². The Bertz CT molecular complexity index is 387. The Hall–Kier alpha value is -0.600. The molecule has 0 saturated heterocycles. The van der Waals surface area contributed by atoms with Gasteiger partial charge in [0.05, 0.1) is 0 Å². The lowest BCUT2D eigenvalue weighted by Gasteiger charge is -2.20. The Kier molecular flexibility index (Phi) is 8.08. The van der Waals surface area contributed by atoms with E-state index in [-0.39, 0.29) is 0 Å². The molecule has 0 bridgehead atoms. The standard InChI is InChI=1S/C17H26BrN/c1-4-6-7-8-9-10-17(19-5-2)15-12-11-14(3)13-16(15)18/h4,11-13,17,19H,1,5-10H2,2-3H3. The number of allylic oxidation sites excluding steroid dienone is 1. The van der Waals surface area contributed by atoms with Gasteiger partial charge in [-0.25, -0.2) is 0 Å². The minimum absolute atomic E-state index is 0.462. The fourth-order valence-corrected chi connectivity index (χ4v) is 3.11. The molecule has 0 radical (unpaired) electrons. The Balaban J connectivity index is 2.58. The molecule has 0 aliphatic carbocycles. The molecular formula is C17H26BrN. The monoisotopic (exact) mass is 323 g/mol. The summed E-state index contributed by atoms with van der Waals surface area (Å²) >= 11 is 3.70. The Labute approximate surface area is 126 Å². The zero-order chi connectivity index (χ0) is 14.1. The van der Waals surface area contributed by atoms with Crippen LogP contribution in [0.5, 0.6) is 0 Å². The second-order valence-corrected chi connectivity index (χ2v) is 5.92. The molecule has 2 heteroatoms. The maximum atomic E-state index is 3.77. The van der Waals surface area contributed by atoms with E-state index in [0.29, 0.717) is 6.04 Å². The van der Waals surface area contributed by atoms with Crippen molar-refractivity contribution in [3.05, 3.63) is 46.5 Å².